The third kappa shape index (κ3) is 3.43. The van der Waals surface area contributed by atoms with Gasteiger partial charge in [-0.1, -0.05) is 66.7 Å². The highest BCUT2D eigenvalue weighted by molar-refractivity contribution is 5.73. The van der Waals surface area contributed by atoms with Crippen LogP contribution < -0.4 is 4.90 Å². The first-order valence-corrected chi connectivity index (χ1v) is 10.6. The molecule has 30 heavy (non-hydrogen) atoms. The average molecular weight is 399 g/mol. The molecule has 0 aliphatic carbocycles. The molecule has 4 nitrogen and oxygen atoms in total. The van der Waals surface area contributed by atoms with Gasteiger partial charge in [-0.3, -0.25) is 0 Å². The molecule has 3 aromatic rings. The number of amides is 1. The van der Waals surface area contributed by atoms with Crippen LogP contribution in [0.1, 0.15) is 24.0 Å². The molecular weight excluding hydrogens is 372 g/mol. The molecule has 1 amide bonds. The Balaban J connectivity index is 1.29. The standard InChI is InChI=1S/C26H26N2O2/c29-25(30-19-21-9-3-1-4-10-21)27-17-15-26(16-18-27)20-28(22-11-5-2-6-12-22)24-14-8-7-13-23(24)26/h1-14H,15-20H2. The summed E-state index contributed by atoms with van der Waals surface area (Å²) in [7, 11) is 0. The lowest BCUT2D eigenvalue weighted by Crippen LogP contribution is -2.47. The molecule has 1 fully saturated rings. The fraction of sp³-hybridized carbons (Fsp3) is 0.269. The van der Waals surface area contributed by atoms with Gasteiger partial charge >= 0.3 is 6.09 Å². The number of hydrogen-bond donors (Lipinski definition) is 0. The number of benzene rings is 3. The zero-order chi connectivity index (χ0) is 20.4. The van der Waals surface area contributed by atoms with Crippen molar-refractivity contribution in [1.29, 1.82) is 0 Å². The van der Waals surface area contributed by atoms with E-state index in [0.717, 1.165) is 38.0 Å². The molecule has 0 atom stereocenters. The van der Waals surface area contributed by atoms with Gasteiger partial charge in [0.2, 0.25) is 0 Å². The molecule has 3 aromatic carbocycles. The smallest absolute Gasteiger partial charge is 0.410 e. The van der Waals surface area contributed by atoms with Crippen LogP contribution in [0.5, 0.6) is 0 Å². The van der Waals surface area contributed by atoms with E-state index in [1.807, 2.05) is 35.2 Å². The Morgan fingerprint density at radius 3 is 2.20 bits per heavy atom. The Hall–Kier alpha value is -3.27. The van der Waals surface area contributed by atoms with Gasteiger partial charge in [0.05, 0.1) is 0 Å². The minimum atomic E-state index is -0.208. The lowest BCUT2D eigenvalue weighted by atomic mass is 9.74. The van der Waals surface area contributed by atoms with Crippen LogP contribution in [0.25, 0.3) is 0 Å². The van der Waals surface area contributed by atoms with Crippen molar-refractivity contribution in [3.8, 4) is 0 Å². The van der Waals surface area contributed by atoms with Crippen molar-refractivity contribution in [2.24, 2.45) is 0 Å². The number of ether oxygens (including phenoxy) is 1. The molecule has 152 valence electrons. The highest BCUT2D eigenvalue weighted by Crippen LogP contribution is 2.49. The Labute approximate surface area is 177 Å². The van der Waals surface area contributed by atoms with Crippen LogP contribution in [0, 0.1) is 0 Å². The van der Waals surface area contributed by atoms with E-state index in [-0.39, 0.29) is 11.5 Å². The van der Waals surface area contributed by atoms with E-state index in [9.17, 15) is 4.79 Å². The summed E-state index contributed by atoms with van der Waals surface area (Å²) in [4.78, 5) is 16.9. The zero-order valence-corrected chi connectivity index (χ0v) is 17.0. The van der Waals surface area contributed by atoms with Crippen LogP contribution >= 0.6 is 0 Å². The van der Waals surface area contributed by atoms with Crippen molar-refractivity contribution in [3.05, 3.63) is 96.1 Å². The minimum absolute atomic E-state index is 0.0860. The quantitative estimate of drug-likeness (QED) is 0.583. The predicted molar refractivity (Wildman–Crippen MR) is 119 cm³/mol. The number of fused-ring (bicyclic) bond motifs is 2. The predicted octanol–water partition coefficient (Wildman–Crippen LogP) is 5.51. The first kappa shape index (κ1) is 18.7. The number of piperidine rings is 1. The molecule has 2 heterocycles. The fourth-order valence-corrected chi connectivity index (χ4v) is 4.82. The number of carbonyl (C=O) groups excluding carboxylic acids is 1. The molecule has 2 aliphatic rings. The summed E-state index contributed by atoms with van der Waals surface area (Å²) in [5.41, 5.74) is 5.03. The molecular formula is C26H26N2O2. The molecule has 4 heteroatoms. The maximum absolute atomic E-state index is 12.6. The van der Waals surface area contributed by atoms with E-state index < -0.39 is 0 Å². The summed E-state index contributed by atoms with van der Waals surface area (Å²) in [5, 5.41) is 0. The first-order valence-electron chi connectivity index (χ1n) is 10.6. The lowest BCUT2D eigenvalue weighted by Gasteiger charge is -2.39. The number of nitrogens with zero attached hydrogens (tertiary/aromatic N) is 2. The number of carbonyl (C=O) groups is 1. The van der Waals surface area contributed by atoms with E-state index in [2.05, 4.69) is 59.5 Å². The SMILES string of the molecule is O=C(OCc1ccccc1)N1CCC2(CC1)CN(c1ccccc1)c1ccccc12. The summed E-state index contributed by atoms with van der Waals surface area (Å²) in [6.07, 6.45) is 1.70. The van der Waals surface area contributed by atoms with E-state index >= 15 is 0 Å². The monoisotopic (exact) mass is 398 g/mol. The van der Waals surface area contributed by atoms with Gasteiger partial charge in [0.15, 0.2) is 0 Å². The Morgan fingerprint density at radius 2 is 1.47 bits per heavy atom. The average Bonchev–Trinajstić information content (AvgIpc) is 3.13. The third-order valence-electron chi connectivity index (χ3n) is 6.48. The van der Waals surface area contributed by atoms with Crippen LogP contribution in [0.4, 0.5) is 16.2 Å². The Kier molecular flexibility index (Phi) is 4.91. The first-order chi connectivity index (χ1) is 14.8. The number of para-hydroxylation sites is 2. The van der Waals surface area contributed by atoms with Gasteiger partial charge in [0.1, 0.15) is 6.61 Å². The van der Waals surface area contributed by atoms with Gasteiger partial charge in [-0.25, -0.2) is 4.79 Å². The molecule has 0 radical (unpaired) electrons. The molecule has 2 aliphatic heterocycles. The Bertz CT molecular complexity index is 1010. The van der Waals surface area contributed by atoms with Crippen LogP contribution in [-0.2, 0) is 16.8 Å². The minimum Gasteiger partial charge on any atom is -0.445 e. The van der Waals surface area contributed by atoms with Crippen LogP contribution in [0.3, 0.4) is 0 Å². The topological polar surface area (TPSA) is 32.8 Å². The van der Waals surface area contributed by atoms with Crippen LogP contribution in [-0.4, -0.2) is 30.6 Å². The molecule has 0 bridgehead atoms. The van der Waals surface area contributed by atoms with Gasteiger partial charge < -0.3 is 14.5 Å². The summed E-state index contributed by atoms with van der Waals surface area (Å²) >= 11 is 0. The Morgan fingerprint density at radius 1 is 0.833 bits per heavy atom. The van der Waals surface area contributed by atoms with E-state index in [1.165, 1.54) is 16.9 Å². The van der Waals surface area contributed by atoms with Crippen molar-refractivity contribution < 1.29 is 9.53 Å². The van der Waals surface area contributed by atoms with E-state index in [4.69, 9.17) is 4.74 Å². The number of rotatable bonds is 3. The maximum atomic E-state index is 12.6. The second-order valence-corrected chi connectivity index (χ2v) is 8.25. The molecule has 0 aromatic heterocycles. The second kappa shape index (κ2) is 7.86. The van der Waals surface area contributed by atoms with Crippen molar-refractivity contribution in [2.45, 2.75) is 24.9 Å². The van der Waals surface area contributed by atoms with Gasteiger partial charge in [0.25, 0.3) is 0 Å². The number of anilines is 2. The lowest BCUT2D eigenvalue weighted by molar-refractivity contribution is 0.0791. The van der Waals surface area contributed by atoms with Crippen LogP contribution in [0.2, 0.25) is 0 Å². The van der Waals surface area contributed by atoms with Crippen molar-refractivity contribution in [3.63, 3.8) is 0 Å². The van der Waals surface area contributed by atoms with Gasteiger partial charge in [-0.15, -0.1) is 0 Å². The van der Waals surface area contributed by atoms with Crippen molar-refractivity contribution >= 4 is 17.5 Å². The summed E-state index contributed by atoms with van der Waals surface area (Å²) < 4.78 is 5.56. The zero-order valence-electron chi connectivity index (χ0n) is 17.0. The second-order valence-electron chi connectivity index (χ2n) is 8.25. The highest BCUT2D eigenvalue weighted by Gasteiger charge is 2.45. The number of hydrogen-bond acceptors (Lipinski definition) is 3. The molecule has 0 unspecified atom stereocenters. The number of likely N-dealkylation sites (tertiary alicyclic amines) is 1. The fourth-order valence-electron chi connectivity index (χ4n) is 4.82. The largest absolute Gasteiger partial charge is 0.445 e. The molecule has 1 saturated heterocycles. The summed E-state index contributed by atoms with van der Waals surface area (Å²) in [6.45, 7) is 2.74. The van der Waals surface area contributed by atoms with Crippen LogP contribution in [0.15, 0.2) is 84.9 Å². The molecule has 1 spiro atoms. The van der Waals surface area contributed by atoms with Crippen molar-refractivity contribution in [1.82, 2.24) is 4.90 Å². The summed E-state index contributed by atoms with van der Waals surface area (Å²) in [6, 6.07) is 29.2. The maximum Gasteiger partial charge on any atom is 0.410 e. The molecule has 0 saturated carbocycles. The van der Waals surface area contributed by atoms with E-state index in [0.29, 0.717) is 6.61 Å². The van der Waals surface area contributed by atoms with Crippen molar-refractivity contribution in [2.75, 3.05) is 24.5 Å². The third-order valence-corrected chi connectivity index (χ3v) is 6.48. The van der Waals surface area contributed by atoms with Gasteiger partial charge in [-0.05, 0) is 42.2 Å². The highest BCUT2D eigenvalue weighted by atomic mass is 16.6. The van der Waals surface area contributed by atoms with E-state index in [1.54, 1.807) is 0 Å². The van der Waals surface area contributed by atoms with Gasteiger partial charge in [-0.2, -0.15) is 0 Å². The van der Waals surface area contributed by atoms with Gasteiger partial charge in [0, 0.05) is 36.4 Å². The summed E-state index contributed by atoms with van der Waals surface area (Å²) in [5.74, 6) is 0. The normalized spacial score (nSPS) is 17.1. The molecule has 5 rings (SSSR count). The molecule has 0 N–H and O–H groups in total.